The lowest BCUT2D eigenvalue weighted by Crippen LogP contribution is -2.25. The molecular formula is C15H21BrFN. The van der Waals surface area contributed by atoms with Crippen LogP contribution in [0.5, 0.6) is 0 Å². The normalized spacial score (nSPS) is 21.5. The molecule has 1 fully saturated rings. The van der Waals surface area contributed by atoms with Crippen molar-refractivity contribution in [2.75, 3.05) is 13.1 Å². The third kappa shape index (κ3) is 3.33. The minimum absolute atomic E-state index is 0.187. The summed E-state index contributed by atoms with van der Waals surface area (Å²) in [6.07, 6.45) is 1.27. The number of halogens is 2. The average molecular weight is 314 g/mol. The van der Waals surface area contributed by atoms with Crippen molar-refractivity contribution in [2.24, 2.45) is 11.3 Å². The van der Waals surface area contributed by atoms with E-state index < -0.39 is 0 Å². The molecule has 1 nitrogen and oxygen atoms in total. The second kappa shape index (κ2) is 5.30. The van der Waals surface area contributed by atoms with E-state index in [0.717, 1.165) is 25.6 Å². The minimum Gasteiger partial charge on any atom is -0.299 e. The molecule has 1 aromatic rings. The lowest BCUT2D eigenvalue weighted by atomic mass is 9.80. The van der Waals surface area contributed by atoms with Gasteiger partial charge in [-0.2, -0.15) is 0 Å². The van der Waals surface area contributed by atoms with Gasteiger partial charge in [-0.1, -0.05) is 26.8 Å². The lowest BCUT2D eigenvalue weighted by molar-refractivity contribution is 0.226. The summed E-state index contributed by atoms with van der Waals surface area (Å²) in [7, 11) is 0. The molecule has 1 atom stereocenters. The number of benzene rings is 1. The van der Waals surface area contributed by atoms with Crippen molar-refractivity contribution in [1.82, 2.24) is 4.90 Å². The molecule has 1 aliphatic rings. The molecule has 3 heteroatoms. The zero-order valence-electron chi connectivity index (χ0n) is 11.3. The highest BCUT2D eigenvalue weighted by molar-refractivity contribution is 9.10. The predicted octanol–water partition coefficient (Wildman–Crippen LogP) is 4.46. The van der Waals surface area contributed by atoms with Gasteiger partial charge in [0.1, 0.15) is 5.82 Å². The predicted molar refractivity (Wildman–Crippen MR) is 76.9 cm³/mol. The summed E-state index contributed by atoms with van der Waals surface area (Å²) in [5.41, 5.74) is 1.57. The Bertz CT molecular complexity index is 425. The maximum absolute atomic E-state index is 13.2. The molecule has 0 bridgehead atoms. The van der Waals surface area contributed by atoms with Crippen molar-refractivity contribution in [3.8, 4) is 0 Å². The summed E-state index contributed by atoms with van der Waals surface area (Å²) in [6, 6.07) is 5.31. The fourth-order valence-corrected chi connectivity index (χ4v) is 3.01. The first-order valence-corrected chi connectivity index (χ1v) is 7.32. The zero-order valence-corrected chi connectivity index (χ0v) is 12.9. The molecule has 2 rings (SSSR count). The van der Waals surface area contributed by atoms with Crippen LogP contribution in [0.2, 0.25) is 0 Å². The van der Waals surface area contributed by atoms with Crippen molar-refractivity contribution >= 4 is 15.9 Å². The van der Waals surface area contributed by atoms with Gasteiger partial charge in [0.25, 0.3) is 0 Å². The zero-order chi connectivity index (χ0) is 13.3. The van der Waals surface area contributed by atoms with Gasteiger partial charge in [0.15, 0.2) is 0 Å². The lowest BCUT2D eigenvalue weighted by Gasteiger charge is -2.27. The molecule has 0 radical (unpaired) electrons. The van der Waals surface area contributed by atoms with Crippen LogP contribution in [-0.2, 0) is 6.54 Å². The molecule has 1 aliphatic heterocycles. The van der Waals surface area contributed by atoms with Crippen LogP contribution in [0.3, 0.4) is 0 Å². The summed E-state index contributed by atoms with van der Waals surface area (Å²) in [5, 5.41) is 0. The van der Waals surface area contributed by atoms with Gasteiger partial charge in [0.05, 0.1) is 4.47 Å². The van der Waals surface area contributed by atoms with E-state index in [2.05, 4.69) is 41.6 Å². The maximum atomic E-state index is 13.2. The number of hydrogen-bond acceptors (Lipinski definition) is 1. The van der Waals surface area contributed by atoms with Crippen molar-refractivity contribution in [3.05, 3.63) is 34.1 Å². The van der Waals surface area contributed by atoms with Crippen LogP contribution in [0.1, 0.15) is 32.8 Å². The first-order chi connectivity index (χ1) is 8.36. The summed E-state index contributed by atoms with van der Waals surface area (Å²) in [6.45, 7) is 10.2. The van der Waals surface area contributed by atoms with Crippen molar-refractivity contribution in [2.45, 2.75) is 33.7 Å². The Balaban J connectivity index is 1.97. The van der Waals surface area contributed by atoms with Crippen LogP contribution in [-0.4, -0.2) is 18.0 Å². The largest absolute Gasteiger partial charge is 0.299 e. The fourth-order valence-electron chi connectivity index (χ4n) is 2.58. The van der Waals surface area contributed by atoms with Crippen molar-refractivity contribution < 1.29 is 4.39 Å². The van der Waals surface area contributed by atoms with Gasteiger partial charge in [0, 0.05) is 13.1 Å². The third-order valence-electron chi connectivity index (χ3n) is 3.89. The Labute approximate surface area is 118 Å². The summed E-state index contributed by atoms with van der Waals surface area (Å²) in [4.78, 5) is 2.47. The van der Waals surface area contributed by atoms with E-state index >= 15 is 0 Å². The molecular weight excluding hydrogens is 293 g/mol. The fraction of sp³-hybridized carbons (Fsp3) is 0.600. The second-order valence-corrected chi connectivity index (χ2v) is 7.19. The van der Waals surface area contributed by atoms with Gasteiger partial charge in [0.2, 0.25) is 0 Å². The molecule has 0 saturated carbocycles. The molecule has 0 N–H and O–H groups in total. The topological polar surface area (TPSA) is 3.24 Å². The first-order valence-electron chi connectivity index (χ1n) is 6.52. The highest BCUT2D eigenvalue weighted by atomic mass is 79.9. The Morgan fingerprint density at radius 2 is 2.11 bits per heavy atom. The van der Waals surface area contributed by atoms with E-state index in [1.54, 1.807) is 0 Å². The van der Waals surface area contributed by atoms with Gasteiger partial charge in [-0.3, -0.25) is 4.90 Å². The SMILES string of the molecule is CC(C)(C)C1CCN(Cc2ccc(F)c(Br)c2)C1. The minimum atomic E-state index is -0.187. The highest BCUT2D eigenvalue weighted by Gasteiger charge is 2.31. The monoisotopic (exact) mass is 313 g/mol. The quantitative estimate of drug-likeness (QED) is 0.779. The Morgan fingerprint density at radius 1 is 1.39 bits per heavy atom. The van der Waals surface area contributed by atoms with Crippen LogP contribution in [0.25, 0.3) is 0 Å². The molecule has 1 saturated heterocycles. The second-order valence-electron chi connectivity index (χ2n) is 6.34. The molecule has 1 unspecified atom stereocenters. The van der Waals surface area contributed by atoms with Gasteiger partial charge >= 0.3 is 0 Å². The Kier molecular flexibility index (Phi) is 4.12. The smallest absolute Gasteiger partial charge is 0.137 e. The molecule has 18 heavy (non-hydrogen) atoms. The maximum Gasteiger partial charge on any atom is 0.137 e. The van der Waals surface area contributed by atoms with Gasteiger partial charge < -0.3 is 0 Å². The van der Waals surface area contributed by atoms with Crippen LogP contribution in [0, 0.1) is 17.2 Å². The third-order valence-corrected chi connectivity index (χ3v) is 4.50. The summed E-state index contributed by atoms with van der Waals surface area (Å²) in [5.74, 6) is 0.578. The standard InChI is InChI=1S/C15H21BrFN/c1-15(2,3)12-6-7-18(10-12)9-11-4-5-14(17)13(16)8-11/h4-5,8,12H,6-7,9-10H2,1-3H3. The number of rotatable bonds is 2. The van der Waals surface area contributed by atoms with Gasteiger partial charge in [-0.05, 0) is 57.9 Å². The van der Waals surface area contributed by atoms with Crippen LogP contribution < -0.4 is 0 Å². The highest BCUT2D eigenvalue weighted by Crippen LogP contribution is 2.34. The van der Waals surface area contributed by atoms with Crippen LogP contribution in [0.15, 0.2) is 22.7 Å². The molecule has 1 heterocycles. The van der Waals surface area contributed by atoms with E-state index in [1.807, 2.05) is 12.1 Å². The van der Waals surface area contributed by atoms with E-state index in [0.29, 0.717) is 9.89 Å². The molecule has 1 aromatic carbocycles. The molecule has 0 spiro atoms. The molecule has 100 valence electrons. The Morgan fingerprint density at radius 3 is 2.67 bits per heavy atom. The van der Waals surface area contributed by atoms with Crippen LogP contribution in [0.4, 0.5) is 4.39 Å². The summed E-state index contributed by atoms with van der Waals surface area (Å²) >= 11 is 3.25. The van der Waals surface area contributed by atoms with Crippen molar-refractivity contribution in [1.29, 1.82) is 0 Å². The summed E-state index contributed by atoms with van der Waals surface area (Å²) < 4.78 is 13.7. The van der Waals surface area contributed by atoms with Crippen molar-refractivity contribution in [3.63, 3.8) is 0 Å². The van der Waals surface area contributed by atoms with Gasteiger partial charge in [-0.15, -0.1) is 0 Å². The number of hydrogen-bond donors (Lipinski definition) is 0. The number of likely N-dealkylation sites (tertiary alicyclic amines) is 1. The van der Waals surface area contributed by atoms with E-state index in [9.17, 15) is 4.39 Å². The molecule has 0 aliphatic carbocycles. The molecule has 0 amide bonds. The van der Waals surface area contributed by atoms with Gasteiger partial charge in [-0.25, -0.2) is 4.39 Å². The van der Waals surface area contributed by atoms with E-state index in [-0.39, 0.29) is 5.82 Å². The van der Waals surface area contributed by atoms with E-state index in [1.165, 1.54) is 18.1 Å². The van der Waals surface area contributed by atoms with E-state index in [4.69, 9.17) is 0 Å². The van der Waals surface area contributed by atoms with Crippen LogP contribution >= 0.6 is 15.9 Å². The molecule has 0 aromatic heterocycles. The Hall–Kier alpha value is -0.410. The number of nitrogens with zero attached hydrogens (tertiary/aromatic N) is 1. The average Bonchev–Trinajstić information content (AvgIpc) is 2.72. The first kappa shape index (κ1) is 14.0.